The van der Waals surface area contributed by atoms with Crippen LogP contribution in [0.1, 0.15) is 11.6 Å². The summed E-state index contributed by atoms with van der Waals surface area (Å²) in [5.41, 5.74) is 1.25. The van der Waals surface area contributed by atoms with Gasteiger partial charge in [-0.3, -0.25) is 24.5 Å². The summed E-state index contributed by atoms with van der Waals surface area (Å²) in [4.78, 5) is 45.3. The predicted octanol–water partition coefficient (Wildman–Crippen LogP) is 5.45. The first-order valence-corrected chi connectivity index (χ1v) is 11.6. The Hall–Kier alpha value is -4.27. The predicted molar refractivity (Wildman–Crippen MR) is 135 cm³/mol. The molecular weight excluding hydrogens is 482 g/mol. The lowest BCUT2D eigenvalue weighted by Crippen LogP contribution is -2.37. The molecule has 4 aromatic carbocycles. The van der Waals surface area contributed by atoms with E-state index < -0.39 is 34.8 Å². The van der Waals surface area contributed by atoms with Crippen molar-refractivity contribution in [3.8, 4) is 0 Å². The smallest absolute Gasteiger partial charge is 0.273 e. The molecule has 2 aliphatic heterocycles. The van der Waals surface area contributed by atoms with Crippen molar-refractivity contribution < 1.29 is 19.3 Å². The Kier molecular flexibility index (Phi) is 5.21. The number of halogens is 1. The summed E-state index contributed by atoms with van der Waals surface area (Å²) in [6, 6.07) is 26.2. The number of nitrogens with zero attached hydrogens (tertiary/aromatic N) is 3. The molecule has 0 unspecified atom stereocenters. The maximum atomic E-state index is 13.9. The van der Waals surface area contributed by atoms with E-state index in [4.69, 9.17) is 16.4 Å². The number of carbonyl (C=O) groups is 2. The molecule has 36 heavy (non-hydrogen) atoms. The van der Waals surface area contributed by atoms with E-state index in [1.807, 2.05) is 72.8 Å². The molecule has 9 heteroatoms. The van der Waals surface area contributed by atoms with E-state index >= 15 is 0 Å². The number of hydroxylamine groups is 1. The SMILES string of the molecule is O=C1[C@H]2[C@H](ON(c3ccccc3)[C@H]2c2cccc3ccccc23)C(=O)N1c1ccc(Cl)c([N+](=O)[O-])c1. The highest BCUT2D eigenvalue weighted by Gasteiger charge is 2.60. The van der Waals surface area contributed by atoms with E-state index in [1.54, 1.807) is 5.06 Å². The molecule has 6 rings (SSSR count). The van der Waals surface area contributed by atoms with Crippen molar-refractivity contribution in [2.24, 2.45) is 5.92 Å². The number of fused-ring (bicyclic) bond motifs is 2. The van der Waals surface area contributed by atoms with Crippen LogP contribution in [0.2, 0.25) is 5.02 Å². The maximum Gasteiger partial charge on any atom is 0.289 e. The van der Waals surface area contributed by atoms with Crippen LogP contribution in [0.15, 0.2) is 91.0 Å². The summed E-state index contributed by atoms with van der Waals surface area (Å²) in [6.07, 6.45) is -1.09. The molecule has 8 nitrogen and oxygen atoms in total. The molecule has 3 atom stereocenters. The second kappa shape index (κ2) is 8.44. The number of rotatable bonds is 4. The lowest BCUT2D eigenvalue weighted by molar-refractivity contribution is -0.384. The van der Waals surface area contributed by atoms with Crippen molar-refractivity contribution in [2.45, 2.75) is 12.1 Å². The Bertz CT molecular complexity index is 1540. The zero-order valence-electron chi connectivity index (χ0n) is 18.7. The topological polar surface area (TPSA) is 93.0 Å². The zero-order chi connectivity index (χ0) is 25.0. The minimum atomic E-state index is -1.09. The van der Waals surface area contributed by atoms with Crippen LogP contribution in [-0.4, -0.2) is 22.8 Å². The van der Waals surface area contributed by atoms with Gasteiger partial charge in [-0.1, -0.05) is 72.3 Å². The number of nitro benzene ring substituents is 1. The number of hydrogen-bond donors (Lipinski definition) is 0. The van der Waals surface area contributed by atoms with Gasteiger partial charge in [0, 0.05) is 6.07 Å². The first kappa shape index (κ1) is 22.2. The van der Waals surface area contributed by atoms with E-state index in [9.17, 15) is 19.7 Å². The van der Waals surface area contributed by atoms with E-state index in [0.29, 0.717) is 5.69 Å². The Morgan fingerprint density at radius 1 is 0.833 bits per heavy atom. The summed E-state index contributed by atoms with van der Waals surface area (Å²) in [7, 11) is 0. The Labute approximate surface area is 210 Å². The van der Waals surface area contributed by atoms with Crippen LogP contribution in [-0.2, 0) is 14.4 Å². The van der Waals surface area contributed by atoms with E-state index in [2.05, 4.69) is 0 Å². The van der Waals surface area contributed by atoms with Crippen molar-refractivity contribution in [1.82, 2.24) is 0 Å². The van der Waals surface area contributed by atoms with Crippen LogP contribution >= 0.6 is 11.6 Å². The molecule has 0 aromatic heterocycles. The third kappa shape index (κ3) is 3.34. The second-order valence-corrected chi connectivity index (χ2v) is 9.04. The average molecular weight is 500 g/mol. The van der Waals surface area contributed by atoms with Gasteiger partial charge in [0.2, 0.25) is 5.91 Å². The molecular formula is C27H18ClN3O5. The molecule has 0 N–H and O–H groups in total. The highest BCUT2D eigenvalue weighted by molar-refractivity contribution is 6.33. The number of carbonyl (C=O) groups excluding carboxylic acids is 2. The van der Waals surface area contributed by atoms with Gasteiger partial charge in [0.15, 0.2) is 6.10 Å². The molecule has 2 amide bonds. The Morgan fingerprint density at radius 2 is 1.56 bits per heavy atom. The number of benzene rings is 4. The van der Waals surface area contributed by atoms with Gasteiger partial charge in [0.05, 0.1) is 22.3 Å². The highest BCUT2D eigenvalue weighted by atomic mass is 35.5. The molecule has 2 heterocycles. The van der Waals surface area contributed by atoms with E-state index in [0.717, 1.165) is 27.3 Å². The molecule has 0 aliphatic carbocycles. The van der Waals surface area contributed by atoms with Crippen molar-refractivity contribution >= 4 is 51.2 Å². The largest absolute Gasteiger partial charge is 0.289 e. The summed E-state index contributed by atoms with van der Waals surface area (Å²) in [6.45, 7) is 0. The van der Waals surface area contributed by atoms with Gasteiger partial charge < -0.3 is 0 Å². The van der Waals surface area contributed by atoms with Crippen LogP contribution in [0.5, 0.6) is 0 Å². The molecule has 2 fully saturated rings. The van der Waals surface area contributed by atoms with E-state index in [1.165, 1.54) is 12.1 Å². The van der Waals surface area contributed by atoms with Crippen molar-refractivity contribution in [3.05, 3.63) is 112 Å². The lowest BCUT2D eigenvalue weighted by Gasteiger charge is -2.29. The highest BCUT2D eigenvalue weighted by Crippen LogP contribution is 2.49. The average Bonchev–Trinajstić information content (AvgIpc) is 3.40. The van der Waals surface area contributed by atoms with Gasteiger partial charge in [0.1, 0.15) is 10.9 Å². The van der Waals surface area contributed by atoms with Crippen LogP contribution < -0.4 is 9.96 Å². The number of amides is 2. The quantitative estimate of drug-likeness (QED) is 0.210. The third-order valence-electron chi connectivity index (χ3n) is 6.65. The molecule has 2 saturated heterocycles. The monoisotopic (exact) mass is 499 g/mol. The fourth-order valence-corrected chi connectivity index (χ4v) is 5.26. The molecule has 178 valence electrons. The summed E-state index contributed by atoms with van der Waals surface area (Å²) >= 11 is 5.95. The van der Waals surface area contributed by atoms with Gasteiger partial charge >= 0.3 is 0 Å². The van der Waals surface area contributed by atoms with Gasteiger partial charge in [-0.2, -0.15) is 0 Å². The Balaban J connectivity index is 1.49. The number of hydrogen-bond acceptors (Lipinski definition) is 6. The molecule has 2 aliphatic rings. The number of anilines is 2. The second-order valence-electron chi connectivity index (χ2n) is 8.63. The fourth-order valence-electron chi connectivity index (χ4n) is 5.07. The van der Waals surface area contributed by atoms with Crippen LogP contribution in [0.25, 0.3) is 10.8 Å². The summed E-state index contributed by atoms with van der Waals surface area (Å²) in [5.74, 6) is -1.93. The van der Waals surface area contributed by atoms with Crippen LogP contribution in [0.4, 0.5) is 17.1 Å². The third-order valence-corrected chi connectivity index (χ3v) is 6.97. The summed E-state index contributed by atoms with van der Waals surface area (Å²) < 4.78 is 0. The lowest BCUT2D eigenvalue weighted by atomic mass is 9.87. The minimum absolute atomic E-state index is 0.0804. The van der Waals surface area contributed by atoms with Gasteiger partial charge in [-0.05, 0) is 40.6 Å². The van der Waals surface area contributed by atoms with Crippen LogP contribution in [0.3, 0.4) is 0 Å². The van der Waals surface area contributed by atoms with Gasteiger partial charge in [0.25, 0.3) is 11.6 Å². The standard InChI is InChI=1S/C27H18ClN3O5/c28-21-14-13-18(15-22(21)31(34)35)29-26(32)23-24(20-12-6-8-16-7-4-5-11-19(16)20)30(36-25(23)27(29)33)17-9-2-1-3-10-17/h1-15,23-25H/t23-,24+,25+/m1/s1. The van der Waals surface area contributed by atoms with Gasteiger partial charge in [-0.25, -0.2) is 9.96 Å². The molecule has 0 bridgehead atoms. The normalized spacial score (nSPS) is 21.3. The maximum absolute atomic E-state index is 13.9. The van der Waals surface area contributed by atoms with Crippen molar-refractivity contribution in [2.75, 3.05) is 9.96 Å². The Morgan fingerprint density at radius 3 is 2.33 bits per heavy atom. The minimum Gasteiger partial charge on any atom is -0.273 e. The first-order chi connectivity index (χ1) is 17.5. The summed E-state index contributed by atoms with van der Waals surface area (Å²) in [5, 5.41) is 14.9. The zero-order valence-corrected chi connectivity index (χ0v) is 19.4. The number of nitro groups is 1. The van der Waals surface area contributed by atoms with Crippen LogP contribution in [0, 0.1) is 16.0 Å². The molecule has 0 spiro atoms. The van der Waals surface area contributed by atoms with Crippen molar-refractivity contribution in [1.29, 1.82) is 0 Å². The van der Waals surface area contributed by atoms with E-state index in [-0.39, 0.29) is 16.4 Å². The van der Waals surface area contributed by atoms with Gasteiger partial charge in [-0.15, -0.1) is 0 Å². The molecule has 0 saturated carbocycles. The molecule has 0 radical (unpaired) electrons. The number of para-hydroxylation sites is 1. The molecule has 4 aromatic rings. The fraction of sp³-hybridized carbons (Fsp3) is 0.111. The first-order valence-electron chi connectivity index (χ1n) is 11.3. The van der Waals surface area contributed by atoms with Crippen molar-refractivity contribution in [3.63, 3.8) is 0 Å². The number of imide groups is 1.